The van der Waals surface area contributed by atoms with Gasteiger partial charge in [-0.3, -0.25) is 0 Å². The highest BCUT2D eigenvalue weighted by atomic mass is 14.3. The number of aryl methyl sites for hydroxylation is 12. The zero-order valence-corrected chi connectivity index (χ0v) is 47.6. The van der Waals surface area contributed by atoms with Gasteiger partial charge in [0.05, 0.1) is 0 Å². The van der Waals surface area contributed by atoms with Gasteiger partial charge in [0.15, 0.2) is 0 Å². The maximum Gasteiger partial charge on any atom is 0.243 e. The first-order valence-electron chi connectivity index (χ1n) is 28.1. The molecule has 378 valence electrons. The molecule has 0 saturated carbocycles. The molecule has 12 aromatic rings. The predicted molar refractivity (Wildman–Crippen MR) is 344 cm³/mol. The van der Waals surface area contributed by atoms with E-state index in [1.54, 1.807) is 0 Å². The van der Waals surface area contributed by atoms with Crippen molar-refractivity contribution < 1.29 is 0 Å². The van der Waals surface area contributed by atoms with Crippen LogP contribution in [-0.2, 0) is 0 Å². The van der Waals surface area contributed by atoms with Crippen molar-refractivity contribution in [2.45, 2.75) is 83.1 Å². The van der Waals surface area contributed by atoms with Crippen molar-refractivity contribution in [2.75, 3.05) is 0 Å². The van der Waals surface area contributed by atoms with Crippen molar-refractivity contribution in [3.05, 3.63) is 261 Å². The summed E-state index contributed by atoms with van der Waals surface area (Å²) in [6, 6.07) is 74.7. The first-order chi connectivity index (χ1) is 37.7. The summed E-state index contributed by atoms with van der Waals surface area (Å²) < 4.78 is 0. The van der Waals surface area contributed by atoms with Crippen LogP contribution >= 0.6 is 0 Å². The Balaban J connectivity index is 1.33. The van der Waals surface area contributed by atoms with Gasteiger partial charge in [-0.1, -0.05) is 294 Å². The number of benzene rings is 12. The minimum Gasteiger partial charge on any atom is -0.0629 e. The lowest BCUT2D eigenvalue weighted by molar-refractivity contribution is 1.34. The zero-order valence-electron chi connectivity index (χ0n) is 47.6. The summed E-state index contributed by atoms with van der Waals surface area (Å²) in [4.78, 5) is 0. The van der Waals surface area contributed by atoms with Crippen LogP contribution in [0.15, 0.2) is 194 Å². The third-order valence-corrected chi connectivity index (χ3v) is 17.3. The fourth-order valence-corrected chi connectivity index (χ4v) is 14.6. The summed E-state index contributed by atoms with van der Waals surface area (Å²) >= 11 is 0. The van der Waals surface area contributed by atoms with Gasteiger partial charge in [0.1, 0.15) is 0 Å². The average Bonchev–Trinajstić information content (AvgIpc) is 3.27. The summed E-state index contributed by atoms with van der Waals surface area (Å²) in [6.07, 6.45) is 0. The molecule has 12 rings (SSSR count). The fraction of sp³-hybridized carbons (Fsp3) is 0.158. The smallest absolute Gasteiger partial charge is 0.0629 e. The second-order valence-corrected chi connectivity index (χ2v) is 23.0. The van der Waals surface area contributed by atoms with Gasteiger partial charge in [0.25, 0.3) is 0 Å². The normalized spacial score (nSPS) is 11.6. The van der Waals surface area contributed by atoms with Gasteiger partial charge < -0.3 is 0 Å². The van der Waals surface area contributed by atoms with E-state index in [1.807, 2.05) is 0 Å². The highest BCUT2D eigenvalue weighted by Crippen LogP contribution is 2.45. The van der Waals surface area contributed by atoms with E-state index in [0.717, 1.165) is 0 Å². The molecule has 0 aliphatic heterocycles. The van der Waals surface area contributed by atoms with Crippen LogP contribution in [0.5, 0.6) is 0 Å². The highest BCUT2D eigenvalue weighted by Gasteiger charge is 2.35. The molecule has 2 heteroatoms. The Kier molecular flexibility index (Phi) is 13.0. The second-order valence-electron chi connectivity index (χ2n) is 23.0. The lowest BCUT2D eigenvalue weighted by Gasteiger charge is -2.29. The molecule has 0 aliphatic carbocycles. The van der Waals surface area contributed by atoms with Crippen molar-refractivity contribution in [1.82, 2.24) is 0 Å². The zero-order chi connectivity index (χ0) is 54.3. The molecule has 78 heavy (non-hydrogen) atoms. The lowest BCUT2D eigenvalue weighted by Crippen LogP contribution is -2.56. The molecule has 12 aromatic carbocycles. The van der Waals surface area contributed by atoms with E-state index in [-0.39, 0.29) is 13.4 Å². The van der Waals surface area contributed by atoms with Crippen LogP contribution in [0.2, 0.25) is 0 Å². The van der Waals surface area contributed by atoms with Gasteiger partial charge >= 0.3 is 0 Å². The summed E-state index contributed by atoms with van der Waals surface area (Å²) in [5.74, 6) is 0. The van der Waals surface area contributed by atoms with Gasteiger partial charge in [-0.25, -0.2) is 0 Å². The molecule has 0 saturated heterocycles. The first kappa shape index (κ1) is 50.6. The monoisotopic (exact) mass is 1000 g/mol. The van der Waals surface area contributed by atoms with E-state index < -0.39 is 0 Å². The minimum atomic E-state index is -0.0559. The van der Waals surface area contributed by atoms with E-state index in [0.29, 0.717) is 0 Å². The SMILES string of the molecule is Cc1cc(C)c(B(c2c(C)cc(C)cc2C)c2cc(-c3ccccc3-c3ccccc3)c3ccc4c(B(c5c(C)cc(C)cc5C)c5c(C)cc(C)cc5C)cc(-c5ccccc5-c5ccccc5)c5ccc2c3c45)c(C)c1. The summed E-state index contributed by atoms with van der Waals surface area (Å²) in [5, 5.41) is 7.78. The minimum absolute atomic E-state index is 0.0559. The van der Waals surface area contributed by atoms with Gasteiger partial charge in [0, 0.05) is 0 Å². The Hall–Kier alpha value is -8.19. The van der Waals surface area contributed by atoms with Gasteiger partial charge in [-0.15, -0.1) is 0 Å². The van der Waals surface area contributed by atoms with Crippen LogP contribution in [0.25, 0.3) is 76.8 Å². The number of hydrogen-bond donors (Lipinski definition) is 0. The van der Waals surface area contributed by atoms with Crippen molar-refractivity contribution >= 4 is 78.5 Å². The van der Waals surface area contributed by atoms with Gasteiger partial charge in [-0.05, 0) is 160 Å². The summed E-state index contributed by atoms with van der Waals surface area (Å²) in [5.41, 5.74) is 33.9. The standard InChI is InChI=1S/C76H68B2/c1-45-35-49(5)73(50(6)36-45)77(74-51(7)37-46(2)38-52(74)8)69-43-67(61-29-21-19-27-59(61)57-23-15-13-16-24-57)63-32-34-66-70(78(75-53(9)39-47(3)40-54(75)10)76-55(11)41-48(4)42-56(76)12)44-68(64-31-33-65(69)71(63)72(64)66)62-30-22-20-28-60(62)58-25-17-14-18-26-58/h13-44H,1-12H3. The summed E-state index contributed by atoms with van der Waals surface area (Å²) in [7, 11) is 0. The second kappa shape index (κ2) is 20.0. The predicted octanol–water partition coefficient (Wildman–Crippen LogP) is 16.0. The number of hydrogen-bond acceptors (Lipinski definition) is 0. The molecule has 0 amide bonds. The van der Waals surface area contributed by atoms with Gasteiger partial charge in [0.2, 0.25) is 13.4 Å². The Labute approximate surface area is 464 Å². The third kappa shape index (κ3) is 8.58. The summed E-state index contributed by atoms with van der Waals surface area (Å²) in [6.45, 7) is 27.6. The highest BCUT2D eigenvalue weighted by molar-refractivity contribution is 6.99. The van der Waals surface area contributed by atoms with Crippen LogP contribution in [0, 0.1) is 83.1 Å². The maximum absolute atomic E-state index is 2.61. The molecule has 0 atom stereocenters. The van der Waals surface area contributed by atoms with Crippen LogP contribution in [-0.4, -0.2) is 13.4 Å². The molecule has 0 bridgehead atoms. The van der Waals surface area contributed by atoms with Crippen LogP contribution in [0.1, 0.15) is 66.8 Å². The van der Waals surface area contributed by atoms with E-state index in [9.17, 15) is 0 Å². The molecule has 0 N–H and O–H groups in total. The fourth-order valence-electron chi connectivity index (χ4n) is 14.6. The number of rotatable bonds is 10. The van der Waals surface area contributed by atoms with E-state index in [4.69, 9.17) is 0 Å². The van der Waals surface area contributed by atoms with Crippen molar-refractivity contribution in [3.63, 3.8) is 0 Å². The molecule has 0 aliphatic rings. The van der Waals surface area contributed by atoms with Crippen molar-refractivity contribution in [3.8, 4) is 44.5 Å². The topological polar surface area (TPSA) is 0 Å². The Morgan fingerprint density at radius 1 is 0.218 bits per heavy atom. The van der Waals surface area contributed by atoms with Crippen molar-refractivity contribution in [1.29, 1.82) is 0 Å². The lowest BCUT2D eigenvalue weighted by atomic mass is 9.33. The van der Waals surface area contributed by atoms with E-state index in [2.05, 4.69) is 277 Å². The van der Waals surface area contributed by atoms with E-state index >= 15 is 0 Å². The molecule has 0 aromatic heterocycles. The molecule has 0 nitrogen and oxygen atoms in total. The van der Waals surface area contributed by atoms with Crippen molar-refractivity contribution in [2.24, 2.45) is 0 Å². The largest absolute Gasteiger partial charge is 0.243 e. The van der Waals surface area contributed by atoms with Crippen LogP contribution in [0.3, 0.4) is 0 Å². The van der Waals surface area contributed by atoms with E-state index in [1.165, 1.54) is 176 Å². The van der Waals surface area contributed by atoms with Crippen LogP contribution < -0.4 is 32.8 Å². The molecular weight excluding hydrogens is 934 g/mol. The molecule has 0 radical (unpaired) electrons. The molecule has 0 fully saturated rings. The Morgan fingerprint density at radius 3 is 0.744 bits per heavy atom. The molecule has 0 unspecified atom stereocenters. The Morgan fingerprint density at radius 2 is 0.462 bits per heavy atom. The third-order valence-electron chi connectivity index (χ3n) is 17.3. The first-order valence-corrected chi connectivity index (χ1v) is 28.1. The molecule has 0 spiro atoms. The van der Waals surface area contributed by atoms with Gasteiger partial charge in [-0.2, -0.15) is 0 Å². The quantitative estimate of drug-likeness (QED) is 0.0946. The average molecular weight is 1000 g/mol. The molecule has 0 heterocycles. The maximum atomic E-state index is 2.61. The Bertz CT molecular complexity index is 3840. The van der Waals surface area contributed by atoms with Crippen LogP contribution in [0.4, 0.5) is 0 Å². The molecular formula is C76H68B2.